The number of carbonyl (C=O) groups is 1. The first-order chi connectivity index (χ1) is 14.5. The zero-order valence-electron chi connectivity index (χ0n) is 16.2. The third-order valence-electron chi connectivity index (χ3n) is 4.57. The zero-order valence-corrected chi connectivity index (χ0v) is 16.2. The Labute approximate surface area is 172 Å². The van der Waals surface area contributed by atoms with Crippen LogP contribution in [0.15, 0.2) is 72.8 Å². The number of nitrogens with zero attached hydrogens (tertiary/aromatic N) is 1. The van der Waals surface area contributed by atoms with Crippen molar-refractivity contribution in [1.29, 1.82) is 0 Å². The Morgan fingerprint density at radius 1 is 0.967 bits per heavy atom. The van der Waals surface area contributed by atoms with Crippen LogP contribution in [0.1, 0.15) is 18.9 Å². The number of hydrogen-bond acceptors (Lipinski definition) is 4. The van der Waals surface area contributed by atoms with Gasteiger partial charge in [0.15, 0.2) is 17.2 Å². The lowest BCUT2D eigenvalue weighted by Crippen LogP contribution is -2.30. The fourth-order valence-electron chi connectivity index (χ4n) is 3.20. The standard InChI is InChI=1S/C23H19F2NO4/c1-2-21(27)26(15-16-9-8-14-20-22(16)30-23(24,25)29-20)18-12-6-7-13-19(18)28-17-10-4-3-5-11-17/h3-14H,2,15H2,1H3. The van der Waals surface area contributed by atoms with Crippen LogP contribution in [0, 0.1) is 0 Å². The number of para-hydroxylation sites is 4. The van der Waals surface area contributed by atoms with E-state index in [0.717, 1.165) is 0 Å². The number of ether oxygens (including phenoxy) is 3. The van der Waals surface area contributed by atoms with Crippen molar-refractivity contribution in [1.82, 2.24) is 0 Å². The van der Waals surface area contributed by atoms with Crippen LogP contribution in [0.25, 0.3) is 0 Å². The van der Waals surface area contributed by atoms with Gasteiger partial charge in [0, 0.05) is 12.0 Å². The first-order valence-corrected chi connectivity index (χ1v) is 9.47. The van der Waals surface area contributed by atoms with Gasteiger partial charge < -0.3 is 19.1 Å². The van der Waals surface area contributed by atoms with E-state index in [2.05, 4.69) is 9.47 Å². The normalized spacial score (nSPS) is 13.7. The number of carbonyl (C=O) groups excluding carboxylic acids is 1. The molecule has 0 fully saturated rings. The Balaban J connectivity index is 1.70. The number of amides is 1. The molecule has 7 heteroatoms. The fraction of sp³-hybridized carbons (Fsp3) is 0.174. The largest absolute Gasteiger partial charge is 0.586 e. The molecule has 0 saturated heterocycles. The SMILES string of the molecule is CCC(=O)N(Cc1cccc2c1OC(F)(F)O2)c1ccccc1Oc1ccccc1. The van der Waals surface area contributed by atoms with Gasteiger partial charge in [-0.1, -0.05) is 49.4 Å². The summed E-state index contributed by atoms with van der Waals surface area (Å²) in [5.41, 5.74) is 0.928. The summed E-state index contributed by atoms with van der Waals surface area (Å²) in [6.45, 7) is 1.75. The van der Waals surface area contributed by atoms with Gasteiger partial charge >= 0.3 is 6.29 Å². The summed E-state index contributed by atoms with van der Waals surface area (Å²) < 4.78 is 42.3. The Kier molecular flexibility index (Phi) is 5.27. The van der Waals surface area contributed by atoms with Crippen molar-refractivity contribution in [3.8, 4) is 23.0 Å². The van der Waals surface area contributed by atoms with Crippen molar-refractivity contribution in [3.63, 3.8) is 0 Å². The third kappa shape index (κ3) is 4.05. The van der Waals surface area contributed by atoms with E-state index in [1.807, 2.05) is 18.2 Å². The Bertz CT molecular complexity index is 1060. The summed E-state index contributed by atoms with van der Waals surface area (Å²) in [7, 11) is 0. The van der Waals surface area contributed by atoms with Gasteiger partial charge in [0.05, 0.1) is 12.2 Å². The van der Waals surface area contributed by atoms with E-state index in [1.54, 1.807) is 55.5 Å². The van der Waals surface area contributed by atoms with E-state index in [4.69, 9.17) is 4.74 Å². The highest BCUT2D eigenvalue weighted by atomic mass is 19.3. The van der Waals surface area contributed by atoms with Gasteiger partial charge in [-0.05, 0) is 30.3 Å². The van der Waals surface area contributed by atoms with Crippen LogP contribution in [-0.2, 0) is 11.3 Å². The molecule has 1 heterocycles. The second-order valence-corrected chi connectivity index (χ2v) is 6.63. The van der Waals surface area contributed by atoms with Gasteiger partial charge in [0.25, 0.3) is 0 Å². The lowest BCUT2D eigenvalue weighted by atomic mass is 10.1. The van der Waals surface area contributed by atoms with Crippen molar-refractivity contribution in [2.45, 2.75) is 26.2 Å². The highest BCUT2D eigenvalue weighted by Crippen LogP contribution is 2.44. The number of benzene rings is 3. The number of anilines is 1. The third-order valence-corrected chi connectivity index (χ3v) is 4.57. The topological polar surface area (TPSA) is 48.0 Å². The first-order valence-electron chi connectivity index (χ1n) is 9.47. The van der Waals surface area contributed by atoms with Crippen LogP contribution in [0.5, 0.6) is 23.0 Å². The molecule has 154 valence electrons. The van der Waals surface area contributed by atoms with E-state index in [1.165, 1.54) is 11.0 Å². The maximum atomic E-state index is 13.6. The molecule has 0 bridgehead atoms. The highest BCUT2D eigenvalue weighted by Gasteiger charge is 2.44. The van der Waals surface area contributed by atoms with Crippen LogP contribution in [0.2, 0.25) is 0 Å². The summed E-state index contributed by atoms with van der Waals surface area (Å²) in [6.07, 6.45) is -3.51. The first kappa shape index (κ1) is 19.7. The fourth-order valence-corrected chi connectivity index (χ4v) is 3.20. The van der Waals surface area contributed by atoms with E-state index < -0.39 is 6.29 Å². The van der Waals surface area contributed by atoms with E-state index in [9.17, 15) is 13.6 Å². The van der Waals surface area contributed by atoms with Crippen LogP contribution in [0.3, 0.4) is 0 Å². The molecule has 0 aliphatic carbocycles. The smallest absolute Gasteiger partial charge is 0.455 e. The molecule has 0 atom stereocenters. The van der Waals surface area contributed by atoms with E-state index in [-0.39, 0.29) is 30.4 Å². The Morgan fingerprint density at radius 3 is 2.47 bits per heavy atom. The molecule has 0 saturated carbocycles. The second-order valence-electron chi connectivity index (χ2n) is 6.63. The predicted octanol–water partition coefficient (Wildman–Crippen LogP) is 5.74. The summed E-state index contributed by atoms with van der Waals surface area (Å²) in [5, 5.41) is 0. The molecule has 0 N–H and O–H groups in total. The van der Waals surface area contributed by atoms with Crippen LogP contribution in [0.4, 0.5) is 14.5 Å². The maximum absolute atomic E-state index is 13.6. The number of fused-ring (bicyclic) bond motifs is 1. The molecule has 0 unspecified atom stereocenters. The molecule has 0 spiro atoms. The number of hydrogen-bond donors (Lipinski definition) is 0. The average molecular weight is 411 g/mol. The molecule has 1 aliphatic heterocycles. The lowest BCUT2D eigenvalue weighted by Gasteiger charge is -2.25. The molecule has 5 nitrogen and oxygen atoms in total. The van der Waals surface area contributed by atoms with Crippen LogP contribution < -0.4 is 19.1 Å². The molecule has 3 aromatic rings. The minimum atomic E-state index is -3.73. The van der Waals surface area contributed by atoms with Gasteiger partial charge in [-0.3, -0.25) is 4.79 Å². The number of alkyl halides is 2. The summed E-state index contributed by atoms with van der Waals surface area (Å²) in [4.78, 5) is 14.3. The maximum Gasteiger partial charge on any atom is 0.586 e. The Hall–Kier alpha value is -3.61. The molecule has 1 amide bonds. The van der Waals surface area contributed by atoms with Gasteiger partial charge in [0.2, 0.25) is 5.91 Å². The second kappa shape index (κ2) is 8.02. The molecule has 4 rings (SSSR count). The highest BCUT2D eigenvalue weighted by molar-refractivity contribution is 5.94. The van der Waals surface area contributed by atoms with Crippen LogP contribution >= 0.6 is 0 Å². The molecule has 30 heavy (non-hydrogen) atoms. The van der Waals surface area contributed by atoms with Crippen molar-refractivity contribution in [2.24, 2.45) is 0 Å². The van der Waals surface area contributed by atoms with Crippen molar-refractivity contribution >= 4 is 11.6 Å². The van der Waals surface area contributed by atoms with Gasteiger partial charge in [-0.15, -0.1) is 8.78 Å². The van der Waals surface area contributed by atoms with Gasteiger partial charge in [-0.2, -0.15) is 0 Å². The Morgan fingerprint density at radius 2 is 1.70 bits per heavy atom. The quantitative estimate of drug-likeness (QED) is 0.519. The molecule has 0 aromatic heterocycles. The number of rotatable bonds is 6. The minimum Gasteiger partial charge on any atom is -0.455 e. The van der Waals surface area contributed by atoms with Gasteiger partial charge in [-0.25, -0.2) is 0 Å². The summed E-state index contributed by atoms with van der Waals surface area (Å²) in [6, 6.07) is 20.9. The van der Waals surface area contributed by atoms with Crippen molar-refractivity contribution < 1.29 is 27.8 Å². The molecule has 0 radical (unpaired) electrons. The van der Waals surface area contributed by atoms with E-state index in [0.29, 0.717) is 22.7 Å². The number of halogens is 2. The van der Waals surface area contributed by atoms with Crippen molar-refractivity contribution in [3.05, 3.63) is 78.4 Å². The molecule has 1 aliphatic rings. The average Bonchev–Trinajstić information content (AvgIpc) is 3.07. The summed E-state index contributed by atoms with van der Waals surface area (Å²) >= 11 is 0. The van der Waals surface area contributed by atoms with E-state index >= 15 is 0 Å². The minimum absolute atomic E-state index is 0.0183. The molecular weight excluding hydrogens is 392 g/mol. The lowest BCUT2D eigenvalue weighted by molar-refractivity contribution is -0.286. The molecular formula is C23H19F2NO4. The monoisotopic (exact) mass is 411 g/mol. The van der Waals surface area contributed by atoms with Crippen LogP contribution in [-0.4, -0.2) is 12.2 Å². The predicted molar refractivity (Wildman–Crippen MR) is 107 cm³/mol. The zero-order chi connectivity index (χ0) is 21.1. The van der Waals surface area contributed by atoms with Crippen molar-refractivity contribution in [2.75, 3.05) is 4.90 Å². The molecule has 3 aromatic carbocycles. The summed E-state index contributed by atoms with van der Waals surface area (Å²) in [5.74, 6) is 0.766. The van der Waals surface area contributed by atoms with Gasteiger partial charge in [0.1, 0.15) is 5.75 Å².